The molecule has 0 spiro atoms. The van der Waals surface area contributed by atoms with Gasteiger partial charge in [-0.2, -0.15) is 0 Å². The first-order valence-corrected chi connectivity index (χ1v) is 19.7. The van der Waals surface area contributed by atoms with Crippen molar-refractivity contribution in [2.24, 2.45) is 0 Å². The first-order valence-electron chi connectivity index (χ1n) is 19.7. The average molecular weight is 721 g/mol. The van der Waals surface area contributed by atoms with Crippen molar-refractivity contribution in [3.05, 3.63) is 193 Å². The summed E-state index contributed by atoms with van der Waals surface area (Å²) in [7, 11) is 0. The lowest BCUT2D eigenvalue weighted by atomic mass is 9.78. The van der Waals surface area contributed by atoms with Crippen LogP contribution in [0.5, 0.6) is 0 Å². The lowest BCUT2D eigenvalue weighted by molar-refractivity contribution is 0.826. The number of fused-ring (bicyclic) bond motifs is 3. The molecule has 56 heavy (non-hydrogen) atoms. The Kier molecular flexibility index (Phi) is 9.33. The van der Waals surface area contributed by atoms with E-state index in [2.05, 4.69) is 210 Å². The number of hydrogen-bond acceptors (Lipinski definition) is 2. The summed E-state index contributed by atoms with van der Waals surface area (Å²) in [6, 6.07) is 66.2. The second-order valence-corrected chi connectivity index (χ2v) is 15.3. The van der Waals surface area contributed by atoms with Crippen LogP contribution in [0.2, 0.25) is 0 Å². The molecule has 0 unspecified atom stereocenters. The van der Waals surface area contributed by atoms with Gasteiger partial charge in [0.2, 0.25) is 0 Å². The van der Waals surface area contributed by atoms with Crippen LogP contribution in [0.15, 0.2) is 182 Å². The maximum Gasteiger partial charge on any atom is 0.0974 e. The van der Waals surface area contributed by atoms with E-state index in [-0.39, 0.29) is 5.92 Å². The van der Waals surface area contributed by atoms with Gasteiger partial charge in [-0.3, -0.25) is 9.97 Å². The topological polar surface area (TPSA) is 25.8 Å². The number of rotatable bonds is 8. The number of nitrogens with zero attached hydrogens (tertiary/aromatic N) is 2. The second kappa shape index (κ2) is 14.9. The molecule has 0 aliphatic heterocycles. The Hall–Kier alpha value is -6.64. The Morgan fingerprint density at radius 1 is 0.321 bits per heavy atom. The summed E-state index contributed by atoms with van der Waals surface area (Å²) in [5.74, 6) is 0.578. The van der Waals surface area contributed by atoms with Crippen LogP contribution in [0.25, 0.3) is 88.6 Å². The van der Waals surface area contributed by atoms with E-state index in [1.807, 2.05) is 0 Å². The molecular weight excluding hydrogens is 677 g/mol. The number of benzene rings is 7. The minimum absolute atomic E-state index is 0.252. The summed E-state index contributed by atoms with van der Waals surface area (Å²) in [6.07, 6.45) is 0. The fourth-order valence-electron chi connectivity index (χ4n) is 8.08. The highest BCUT2D eigenvalue weighted by Crippen LogP contribution is 2.50. The number of pyridine rings is 2. The van der Waals surface area contributed by atoms with Crippen LogP contribution < -0.4 is 0 Å². The minimum atomic E-state index is 0.252. The Morgan fingerprint density at radius 2 is 0.768 bits per heavy atom. The van der Waals surface area contributed by atoms with Crippen molar-refractivity contribution in [2.75, 3.05) is 0 Å². The lowest BCUT2D eigenvalue weighted by Crippen LogP contribution is -1.99. The molecule has 9 aromatic rings. The summed E-state index contributed by atoms with van der Waals surface area (Å²) < 4.78 is 0. The smallest absolute Gasteiger partial charge is 0.0974 e. The normalized spacial score (nSPS) is 11.5. The van der Waals surface area contributed by atoms with Crippen molar-refractivity contribution in [1.82, 2.24) is 9.97 Å². The van der Waals surface area contributed by atoms with Gasteiger partial charge >= 0.3 is 0 Å². The monoisotopic (exact) mass is 720 g/mol. The van der Waals surface area contributed by atoms with E-state index >= 15 is 0 Å². The Bertz CT molecular complexity index is 2820. The standard InChI is InChI=1S/C54H44N2/c1-35(2)48-31-29-41-28-30-44-45(34-49(36(3)4)56-54(44)53(41)55-48)42-26-17-27-43(32-42)47-33-46(37-18-9-5-10-19-37)50(38-20-11-6-12-21-38)52(40-24-15-8-16-25-40)51(47)39-22-13-7-14-23-39/h5-36H,1-4H3. The molecule has 2 heterocycles. The number of aromatic nitrogens is 2. The molecule has 0 fully saturated rings. The summed E-state index contributed by atoms with van der Waals surface area (Å²) in [5.41, 5.74) is 18.4. The van der Waals surface area contributed by atoms with Gasteiger partial charge < -0.3 is 0 Å². The fourth-order valence-corrected chi connectivity index (χ4v) is 8.08. The SMILES string of the molecule is CC(C)c1ccc2ccc3c(-c4cccc(-c5cc(-c6ccccc6)c(-c6ccccc6)c(-c6ccccc6)c5-c5ccccc5)c4)cc(C(C)C)nc3c2n1. The van der Waals surface area contributed by atoms with Crippen molar-refractivity contribution in [3.63, 3.8) is 0 Å². The van der Waals surface area contributed by atoms with Gasteiger partial charge in [-0.15, -0.1) is 0 Å². The molecule has 270 valence electrons. The summed E-state index contributed by atoms with van der Waals surface area (Å²) >= 11 is 0. The highest BCUT2D eigenvalue weighted by Gasteiger charge is 2.24. The van der Waals surface area contributed by atoms with Crippen LogP contribution in [-0.2, 0) is 0 Å². The molecule has 0 atom stereocenters. The molecule has 0 radical (unpaired) electrons. The third-order valence-electron chi connectivity index (χ3n) is 10.9. The Morgan fingerprint density at radius 3 is 1.32 bits per heavy atom. The first kappa shape index (κ1) is 35.1. The summed E-state index contributed by atoms with van der Waals surface area (Å²) in [5, 5.41) is 2.23. The van der Waals surface area contributed by atoms with Crippen molar-refractivity contribution in [3.8, 4) is 66.8 Å². The van der Waals surface area contributed by atoms with Crippen LogP contribution in [-0.4, -0.2) is 9.97 Å². The van der Waals surface area contributed by atoms with Gasteiger partial charge in [-0.05, 0) is 103 Å². The molecule has 0 saturated heterocycles. The highest BCUT2D eigenvalue weighted by atomic mass is 14.8. The van der Waals surface area contributed by atoms with Gasteiger partial charge in [0.15, 0.2) is 0 Å². The zero-order valence-corrected chi connectivity index (χ0v) is 32.4. The van der Waals surface area contributed by atoms with Gasteiger partial charge in [0, 0.05) is 22.2 Å². The molecule has 0 N–H and O–H groups in total. The van der Waals surface area contributed by atoms with Crippen LogP contribution in [0.4, 0.5) is 0 Å². The molecule has 7 aromatic carbocycles. The molecule has 0 saturated carbocycles. The van der Waals surface area contributed by atoms with E-state index in [0.717, 1.165) is 44.3 Å². The maximum absolute atomic E-state index is 5.29. The largest absolute Gasteiger partial charge is 0.250 e. The third-order valence-corrected chi connectivity index (χ3v) is 10.9. The van der Waals surface area contributed by atoms with Crippen LogP contribution in [0.1, 0.15) is 50.9 Å². The van der Waals surface area contributed by atoms with Crippen molar-refractivity contribution in [2.45, 2.75) is 39.5 Å². The van der Waals surface area contributed by atoms with Gasteiger partial charge in [-0.25, -0.2) is 0 Å². The average Bonchev–Trinajstić information content (AvgIpc) is 3.26. The second-order valence-electron chi connectivity index (χ2n) is 15.3. The predicted octanol–water partition coefficient (Wildman–Crippen LogP) is 15.0. The molecule has 9 rings (SSSR count). The van der Waals surface area contributed by atoms with Gasteiger partial charge in [-0.1, -0.05) is 185 Å². The quantitative estimate of drug-likeness (QED) is 0.146. The van der Waals surface area contributed by atoms with E-state index in [1.165, 1.54) is 55.6 Å². The molecule has 2 aromatic heterocycles. The molecule has 0 amide bonds. The van der Waals surface area contributed by atoms with Gasteiger partial charge in [0.05, 0.1) is 11.0 Å². The van der Waals surface area contributed by atoms with Crippen molar-refractivity contribution < 1.29 is 0 Å². The van der Waals surface area contributed by atoms with E-state index < -0.39 is 0 Å². The zero-order valence-electron chi connectivity index (χ0n) is 32.4. The van der Waals surface area contributed by atoms with Crippen LogP contribution in [0.3, 0.4) is 0 Å². The maximum atomic E-state index is 5.29. The molecule has 2 heteroatoms. The van der Waals surface area contributed by atoms with Crippen LogP contribution >= 0.6 is 0 Å². The molecule has 2 nitrogen and oxygen atoms in total. The first-order chi connectivity index (χ1) is 27.4. The minimum Gasteiger partial charge on any atom is -0.250 e. The van der Waals surface area contributed by atoms with E-state index in [0.29, 0.717) is 5.92 Å². The summed E-state index contributed by atoms with van der Waals surface area (Å²) in [4.78, 5) is 10.5. The van der Waals surface area contributed by atoms with Crippen molar-refractivity contribution in [1.29, 1.82) is 0 Å². The highest BCUT2D eigenvalue weighted by molar-refractivity contribution is 6.10. The molecular formula is C54H44N2. The zero-order chi connectivity index (χ0) is 38.2. The Balaban J connectivity index is 1.37. The van der Waals surface area contributed by atoms with Crippen LogP contribution in [0, 0.1) is 0 Å². The predicted molar refractivity (Wildman–Crippen MR) is 238 cm³/mol. The molecule has 0 aliphatic carbocycles. The Labute approximate surface area is 330 Å². The number of hydrogen-bond donors (Lipinski definition) is 0. The summed E-state index contributed by atoms with van der Waals surface area (Å²) in [6.45, 7) is 8.85. The van der Waals surface area contributed by atoms with E-state index in [9.17, 15) is 0 Å². The third kappa shape index (κ3) is 6.48. The fraction of sp³-hybridized carbons (Fsp3) is 0.111. The van der Waals surface area contributed by atoms with E-state index in [1.54, 1.807) is 0 Å². The van der Waals surface area contributed by atoms with Crippen molar-refractivity contribution >= 4 is 21.8 Å². The van der Waals surface area contributed by atoms with Gasteiger partial charge in [0.1, 0.15) is 0 Å². The van der Waals surface area contributed by atoms with E-state index in [4.69, 9.17) is 9.97 Å². The molecule has 0 aliphatic rings. The van der Waals surface area contributed by atoms with Gasteiger partial charge in [0.25, 0.3) is 0 Å². The lowest BCUT2D eigenvalue weighted by Gasteiger charge is -2.24. The molecule has 0 bridgehead atoms.